The van der Waals surface area contributed by atoms with Crippen molar-refractivity contribution in [2.45, 2.75) is 38.1 Å². The van der Waals surface area contributed by atoms with Gasteiger partial charge in [0.15, 0.2) is 0 Å². The summed E-state index contributed by atoms with van der Waals surface area (Å²) in [5.41, 5.74) is 3.11. The minimum absolute atomic E-state index is 0.160. The number of piperidine rings is 1. The van der Waals surface area contributed by atoms with Crippen molar-refractivity contribution >= 4 is 50.0 Å². The van der Waals surface area contributed by atoms with E-state index in [-0.39, 0.29) is 6.04 Å². The number of nitrogens with zero attached hydrogens (tertiary/aromatic N) is 5. The molecule has 3 aromatic heterocycles. The number of anilines is 1. The largest absolute Gasteiger partial charge is 0.327 e. The summed E-state index contributed by atoms with van der Waals surface area (Å²) >= 11 is 1.77. The average Bonchev–Trinajstić information content (AvgIpc) is 3.62. The molecule has 10 heteroatoms. The van der Waals surface area contributed by atoms with Crippen molar-refractivity contribution in [2.24, 2.45) is 5.92 Å². The lowest BCUT2D eigenvalue weighted by Gasteiger charge is -2.38. The predicted octanol–water partition coefficient (Wildman–Crippen LogP) is 3.93. The minimum Gasteiger partial charge on any atom is -0.327 e. The molecule has 0 saturated carbocycles. The van der Waals surface area contributed by atoms with Gasteiger partial charge in [0.05, 0.1) is 44.9 Å². The van der Waals surface area contributed by atoms with Crippen LogP contribution in [0.2, 0.25) is 0 Å². The summed E-state index contributed by atoms with van der Waals surface area (Å²) in [6.07, 6.45) is 7.77. The highest BCUT2D eigenvalue weighted by Gasteiger charge is 2.35. The lowest BCUT2D eigenvalue weighted by Crippen LogP contribution is -2.46. The van der Waals surface area contributed by atoms with E-state index in [0.29, 0.717) is 29.6 Å². The molecule has 2 unspecified atom stereocenters. The third kappa shape index (κ3) is 4.24. The van der Waals surface area contributed by atoms with Crippen LogP contribution in [-0.4, -0.2) is 68.5 Å². The van der Waals surface area contributed by atoms with Gasteiger partial charge in [-0.2, -0.15) is 5.10 Å². The Kier molecular flexibility index (Phi) is 5.93. The number of benzene rings is 1. The van der Waals surface area contributed by atoms with Gasteiger partial charge in [0.2, 0.25) is 0 Å². The first-order chi connectivity index (χ1) is 17.5. The van der Waals surface area contributed by atoms with Crippen LogP contribution in [0.15, 0.2) is 36.8 Å². The number of hydrogen-bond acceptors (Lipinski definition) is 7. The molecule has 0 bridgehead atoms. The molecule has 2 aliphatic rings. The zero-order valence-corrected chi connectivity index (χ0v) is 21.2. The van der Waals surface area contributed by atoms with E-state index in [1.165, 1.54) is 15.9 Å². The highest BCUT2D eigenvalue weighted by atomic mass is 32.1. The lowest BCUT2D eigenvalue weighted by atomic mass is 9.89. The maximum Gasteiger partial charge on any atom is 0.314 e. The predicted molar refractivity (Wildman–Crippen MR) is 140 cm³/mol. The van der Waals surface area contributed by atoms with Crippen LogP contribution in [0.5, 0.6) is 0 Å². The number of carbonyl (C=O) groups excluding carboxylic acids is 2. The number of carbonyl (C=O) groups is 2. The molecule has 2 amide bonds. The number of thiazole rings is 1. The molecule has 3 atom stereocenters. The van der Waals surface area contributed by atoms with E-state index >= 15 is 0 Å². The molecule has 0 radical (unpaired) electrons. The van der Waals surface area contributed by atoms with Gasteiger partial charge < -0.3 is 15.1 Å². The second kappa shape index (κ2) is 9.25. The highest BCUT2D eigenvalue weighted by Crippen LogP contribution is 2.37. The van der Waals surface area contributed by atoms with Gasteiger partial charge in [-0.15, -0.1) is 11.3 Å². The number of H-pyrrole nitrogens is 1. The summed E-state index contributed by atoms with van der Waals surface area (Å²) in [6.45, 7) is 4.82. The standard InChI is InChI=1S/C26H29N7O2S/c1-15-3-5-21(16-4-6-22-19(9-16)30-25(36-22)17-7-8-32(2)14-17)33(13-15)26(35)24(34)29-20-12-27-10-18-11-28-31-23(18)20/h4,6,9-12,15,17,21H,3,5,7-8,13-14H2,1-2H3,(H,28,31)(H,29,34)/t15-,17?,21?/m0/s1. The number of aromatic nitrogens is 4. The Bertz CT molecular complexity index is 1450. The van der Waals surface area contributed by atoms with E-state index in [1.807, 2.05) is 0 Å². The van der Waals surface area contributed by atoms with Crippen LogP contribution in [0.4, 0.5) is 5.69 Å². The molecule has 2 aliphatic heterocycles. The van der Waals surface area contributed by atoms with Crippen LogP contribution in [-0.2, 0) is 9.59 Å². The van der Waals surface area contributed by atoms with Crippen molar-refractivity contribution in [3.63, 3.8) is 0 Å². The van der Waals surface area contributed by atoms with Gasteiger partial charge in [0, 0.05) is 30.6 Å². The lowest BCUT2D eigenvalue weighted by molar-refractivity contribution is -0.146. The van der Waals surface area contributed by atoms with Crippen LogP contribution < -0.4 is 5.32 Å². The molecule has 9 nitrogen and oxygen atoms in total. The van der Waals surface area contributed by atoms with Crippen molar-refractivity contribution in [3.8, 4) is 0 Å². The molecule has 2 saturated heterocycles. The molecule has 2 fully saturated rings. The van der Waals surface area contributed by atoms with E-state index in [4.69, 9.17) is 4.98 Å². The van der Waals surface area contributed by atoms with Crippen LogP contribution in [0, 0.1) is 5.92 Å². The van der Waals surface area contributed by atoms with Gasteiger partial charge in [-0.3, -0.25) is 19.7 Å². The monoisotopic (exact) mass is 503 g/mol. The number of pyridine rings is 1. The fourth-order valence-electron chi connectivity index (χ4n) is 5.47. The van der Waals surface area contributed by atoms with Gasteiger partial charge in [-0.05, 0) is 56.5 Å². The Balaban J connectivity index is 1.25. The van der Waals surface area contributed by atoms with Gasteiger partial charge in [0.1, 0.15) is 0 Å². The molecule has 2 N–H and O–H groups in total. The molecule has 0 spiro atoms. The quantitative estimate of drug-likeness (QED) is 0.410. The highest BCUT2D eigenvalue weighted by molar-refractivity contribution is 7.18. The van der Waals surface area contributed by atoms with E-state index in [9.17, 15) is 9.59 Å². The van der Waals surface area contributed by atoms with Crippen LogP contribution >= 0.6 is 11.3 Å². The van der Waals surface area contributed by atoms with Crippen molar-refractivity contribution in [1.82, 2.24) is 30.0 Å². The van der Waals surface area contributed by atoms with Crippen molar-refractivity contribution < 1.29 is 9.59 Å². The molecule has 1 aromatic carbocycles. The fraction of sp³-hybridized carbons (Fsp3) is 0.423. The molecular weight excluding hydrogens is 474 g/mol. The summed E-state index contributed by atoms with van der Waals surface area (Å²) in [4.78, 5) is 39.7. The fourth-order valence-corrected chi connectivity index (χ4v) is 6.54. The first-order valence-corrected chi connectivity index (χ1v) is 13.3. The van der Waals surface area contributed by atoms with E-state index in [1.54, 1.807) is 28.6 Å². The Morgan fingerprint density at radius 3 is 2.86 bits per heavy atom. The minimum atomic E-state index is -0.666. The van der Waals surface area contributed by atoms with E-state index < -0.39 is 11.8 Å². The molecular formula is C26H29N7O2S. The van der Waals surface area contributed by atoms with Gasteiger partial charge in [-0.1, -0.05) is 13.0 Å². The number of hydrogen-bond donors (Lipinski definition) is 2. The summed E-state index contributed by atoms with van der Waals surface area (Å²) in [5.74, 6) is -0.386. The van der Waals surface area contributed by atoms with Crippen LogP contribution in [0.1, 0.15) is 48.7 Å². The molecule has 36 heavy (non-hydrogen) atoms. The summed E-state index contributed by atoms with van der Waals surface area (Å²) in [6, 6.07) is 6.17. The number of rotatable bonds is 3. The molecule has 4 aromatic rings. The third-order valence-electron chi connectivity index (χ3n) is 7.43. The van der Waals surface area contributed by atoms with Gasteiger partial charge >= 0.3 is 11.8 Å². The number of amides is 2. The first-order valence-electron chi connectivity index (χ1n) is 12.4. The maximum absolute atomic E-state index is 13.4. The zero-order valence-electron chi connectivity index (χ0n) is 20.4. The first kappa shape index (κ1) is 23.1. The second-order valence-corrected chi connectivity index (χ2v) is 11.2. The Hall–Kier alpha value is -3.37. The molecule has 186 valence electrons. The number of likely N-dealkylation sites (tertiary alicyclic amines) is 2. The zero-order chi connectivity index (χ0) is 24.8. The van der Waals surface area contributed by atoms with Crippen molar-refractivity contribution in [2.75, 3.05) is 32.0 Å². The summed E-state index contributed by atoms with van der Waals surface area (Å²) in [7, 11) is 2.16. The normalized spacial score (nSPS) is 22.9. The molecule has 5 heterocycles. The average molecular weight is 504 g/mol. The van der Waals surface area contributed by atoms with Crippen molar-refractivity contribution in [3.05, 3.63) is 47.4 Å². The van der Waals surface area contributed by atoms with E-state index in [2.05, 4.69) is 57.6 Å². The Labute approximate surface area is 212 Å². The SMILES string of the molecule is C[C@H]1CCC(c2ccc3sc(C4CCN(C)C4)nc3c2)N(C(=O)C(=O)Nc2cncc3cn[nH]c23)C1. The van der Waals surface area contributed by atoms with Gasteiger partial charge in [0.25, 0.3) is 0 Å². The summed E-state index contributed by atoms with van der Waals surface area (Å²) in [5, 5.41) is 11.6. The Morgan fingerprint density at radius 1 is 1.14 bits per heavy atom. The van der Waals surface area contributed by atoms with Crippen molar-refractivity contribution in [1.29, 1.82) is 0 Å². The molecule has 6 rings (SSSR count). The third-order valence-corrected chi connectivity index (χ3v) is 8.63. The number of fused-ring (bicyclic) bond motifs is 2. The summed E-state index contributed by atoms with van der Waals surface area (Å²) < 4.78 is 1.17. The topological polar surface area (TPSA) is 107 Å². The van der Waals surface area contributed by atoms with Crippen LogP contribution in [0.25, 0.3) is 21.1 Å². The second-order valence-electron chi connectivity index (χ2n) is 10.2. The number of likely N-dealkylation sites (N-methyl/N-ethyl adjacent to an activating group) is 1. The smallest absolute Gasteiger partial charge is 0.314 e. The number of nitrogens with one attached hydrogen (secondary N) is 2. The van der Waals surface area contributed by atoms with Crippen LogP contribution in [0.3, 0.4) is 0 Å². The van der Waals surface area contributed by atoms with E-state index in [0.717, 1.165) is 48.8 Å². The number of aromatic amines is 1. The maximum atomic E-state index is 13.4. The Morgan fingerprint density at radius 2 is 2.03 bits per heavy atom. The molecule has 0 aliphatic carbocycles. The van der Waals surface area contributed by atoms with Gasteiger partial charge in [-0.25, -0.2) is 4.98 Å².